The lowest BCUT2D eigenvalue weighted by molar-refractivity contribution is 0.0950. The highest BCUT2D eigenvalue weighted by atomic mass is 16.8. The maximum absolute atomic E-state index is 5.15. The summed E-state index contributed by atoms with van der Waals surface area (Å²) in [7, 11) is 1.69. The number of methoxy groups -OCH3 is 1. The van der Waals surface area contributed by atoms with Crippen LogP contribution in [0.1, 0.15) is 26.2 Å². The summed E-state index contributed by atoms with van der Waals surface area (Å²) >= 11 is 0. The van der Waals surface area contributed by atoms with Gasteiger partial charge in [-0.05, 0) is 6.42 Å². The van der Waals surface area contributed by atoms with E-state index < -0.39 is 0 Å². The van der Waals surface area contributed by atoms with Crippen molar-refractivity contribution in [2.45, 2.75) is 38.6 Å². The number of rotatable bonds is 4. The van der Waals surface area contributed by atoms with E-state index in [9.17, 15) is 0 Å². The molecule has 1 heterocycles. The van der Waals surface area contributed by atoms with E-state index in [4.69, 9.17) is 9.47 Å². The van der Waals surface area contributed by atoms with E-state index in [0.29, 0.717) is 6.10 Å². The molecule has 0 amide bonds. The Morgan fingerprint density at radius 3 is 2.78 bits per heavy atom. The zero-order chi connectivity index (χ0) is 6.69. The van der Waals surface area contributed by atoms with Crippen LogP contribution in [0.2, 0.25) is 0 Å². The summed E-state index contributed by atoms with van der Waals surface area (Å²) in [5, 5.41) is 0. The molecule has 2 atom stereocenters. The van der Waals surface area contributed by atoms with Crippen LogP contribution in [0.4, 0.5) is 0 Å². The molecule has 2 nitrogen and oxygen atoms in total. The second-order valence-corrected chi connectivity index (χ2v) is 2.42. The molecule has 1 rings (SSSR count). The number of unbranched alkanes of at least 4 members (excludes halogenated alkanes) is 1. The second kappa shape index (κ2) is 3.18. The summed E-state index contributed by atoms with van der Waals surface area (Å²) in [6, 6.07) is 0. The Morgan fingerprint density at radius 1 is 1.56 bits per heavy atom. The highest BCUT2D eigenvalue weighted by Gasteiger charge is 2.37. The molecular formula is C7H14O2. The van der Waals surface area contributed by atoms with Crippen molar-refractivity contribution < 1.29 is 9.47 Å². The largest absolute Gasteiger partial charge is 0.353 e. The summed E-state index contributed by atoms with van der Waals surface area (Å²) in [6.45, 7) is 2.18. The van der Waals surface area contributed by atoms with Gasteiger partial charge < -0.3 is 9.47 Å². The summed E-state index contributed by atoms with van der Waals surface area (Å²) in [6.07, 6.45) is 4.20. The first-order valence-corrected chi connectivity index (χ1v) is 3.56. The van der Waals surface area contributed by atoms with E-state index in [-0.39, 0.29) is 6.29 Å². The van der Waals surface area contributed by atoms with Crippen LogP contribution >= 0.6 is 0 Å². The molecule has 0 spiro atoms. The number of ether oxygens (including phenoxy) is 2. The fourth-order valence-electron chi connectivity index (χ4n) is 0.944. The van der Waals surface area contributed by atoms with Crippen LogP contribution in [-0.4, -0.2) is 19.5 Å². The summed E-state index contributed by atoms with van der Waals surface area (Å²) in [5.41, 5.74) is 0. The SMILES string of the molecule is CCCCC1OC1OC. The monoisotopic (exact) mass is 130 g/mol. The minimum absolute atomic E-state index is 0.122. The van der Waals surface area contributed by atoms with Crippen molar-refractivity contribution in [2.24, 2.45) is 0 Å². The minimum atomic E-state index is 0.122. The quantitative estimate of drug-likeness (QED) is 0.538. The van der Waals surface area contributed by atoms with Gasteiger partial charge >= 0.3 is 0 Å². The smallest absolute Gasteiger partial charge is 0.184 e. The summed E-state index contributed by atoms with van der Waals surface area (Å²) < 4.78 is 10.1. The molecule has 2 unspecified atom stereocenters. The van der Waals surface area contributed by atoms with Crippen LogP contribution in [0.15, 0.2) is 0 Å². The van der Waals surface area contributed by atoms with Crippen LogP contribution in [0.5, 0.6) is 0 Å². The minimum Gasteiger partial charge on any atom is -0.353 e. The number of hydrogen-bond acceptors (Lipinski definition) is 2. The van der Waals surface area contributed by atoms with Crippen LogP contribution in [0.25, 0.3) is 0 Å². The van der Waals surface area contributed by atoms with Gasteiger partial charge in [-0.2, -0.15) is 0 Å². The molecule has 54 valence electrons. The molecule has 1 saturated heterocycles. The van der Waals surface area contributed by atoms with E-state index in [0.717, 1.165) is 6.42 Å². The second-order valence-electron chi connectivity index (χ2n) is 2.42. The van der Waals surface area contributed by atoms with Gasteiger partial charge in [0.2, 0.25) is 0 Å². The van der Waals surface area contributed by atoms with Gasteiger partial charge in [0, 0.05) is 7.11 Å². The van der Waals surface area contributed by atoms with Gasteiger partial charge in [-0.15, -0.1) is 0 Å². The van der Waals surface area contributed by atoms with Crippen LogP contribution < -0.4 is 0 Å². The van der Waals surface area contributed by atoms with E-state index in [1.54, 1.807) is 7.11 Å². The molecule has 0 saturated carbocycles. The van der Waals surface area contributed by atoms with Gasteiger partial charge in [-0.1, -0.05) is 19.8 Å². The molecule has 0 aliphatic carbocycles. The molecule has 0 bridgehead atoms. The number of hydrogen-bond donors (Lipinski definition) is 0. The third kappa shape index (κ3) is 1.95. The highest BCUT2D eigenvalue weighted by molar-refractivity contribution is 4.75. The molecular weight excluding hydrogens is 116 g/mol. The van der Waals surface area contributed by atoms with Crippen molar-refractivity contribution >= 4 is 0 Å². The predicted molar refractivity (Wildman–Crippen MR) is 35.2 cm³/mol. The van der Waals surface area contributed by atoms with Gasteiger partial charge in [-0.3, -0.25) is 0 Å². The third-order valence-corrected chi connectivity index (χ3v) is 1.61. The van der Waals surface area contributed by atoms with E-state index in [1.165, 1.54) is 12.8 Å². The average Bonchev–Trinajstić information content (AvgIpc) is 2.62. The van der Waals surface area contributed by atoms with Crippen molar-refractivity contribution in [2.75, 3.05) is 7.11 Å². The lowest BCUT2D eigenvalue weighted by Gasteiger charge is -1.89. The Morgan fingerprint density at radius 2 is 2.33 bits per heavy atom. The Kier molecular flexibility index (Phi) is 2.49. The third-order valence-electron chi connectivity index (χ3n) is 1.61. The van der Waals surface area contributed by atoms with Crippen LogP contribution in [0.3, 0.4) is 0 Å². The fourth-order valence-corrected chi connectivity index (χ4v) is 0.944. The molecule has 2 heteroatoms. The van der Waals surface area contributed by atoms with E-state index >= 15 is 0 Å². The standard InChI is InChI=1S/C7H14O2/c1-3-4-5-6-7(8-2)9-6/h6-7H,3-5H2,1-2H3. The Bertz CT molecular complexity index is 83.0. The first-order valence-electron chi connectivity index (χ1n) is 3.56. The molecule has 1 aliphatic heterocycles. The predicted octanol–water partition coefficient (Wildman–Crippen LogP) is 1.55. The van der Waals surface area contributed by atoms with E-state index in [2.05, 4.69) is 6.92 Å². The van der Waals surface area contributed by atoms with E-state index in [1.807, 2.05) is 0 Å². The zero-order valence-electron chi connectivity index (χ0n) is 6.09. The van der Waals surface area contributed by atoms with Crippen molar-refractivity contribution in [1.29, 1.82) is 0 Å². The van der Waals surface area contributed by atoms with Gasteiger partial charge in [0.05, 0.1) is 0 Å². The average molecular weight is 130 g/mol. The van der Waals surface area contributed by atoms with Crippen LogP contribution in [-0.2, 0) is 9.47 Å². The first kappa shape index (κ1) is 7.03. The van der Waals surface area contributed by atoms with Gasteiger partial charge in [0.1, 0.15) is 6.10 Å². The van der Waals surface area contributed by atoms with Gasteiger partial charge in [0.25, 0.3) is 0 Å². The molecule has 0 N–H and O–H groups in total. The highest BCUT2D eigenvalue weighted by Crippen LogP contribution is 2.26. The molecule has 0 aromatic rings. The topological polar surface area (TPSA) is 21.8 Å². The fraction of sp³-hybridized carbons (Fsp3) is 1.00. The Labute approximate surface area is 56.2 Å². The maximum atomic E-state index is 5.15. The molecule has 0 aromatic carbocycles. The van der Waals surface area contributed by atoms with Crippen LogP contribution in [0, 0.1) is 0 Å². The molecule has 1 fully saturated rings. The summed E-state index contributed by atoms with van der Waals surface area (Å²) in [4.78, 5) is 0. The van der Waals surface area contributed by atoms with Crippen molar-refractivity contribution in [3.05, 3.63) is 0 Å². The molecule has 9 heavy (non-hydrogen) atoms. The Hall–Kier alpha value is -0.0800. The van der Waals surface area contributed by atoms with Crippen molar-refractivity contribution in [3.63, 3.8) is 0 Å². The van der Waals surface area contributed by atoms with Crippen molar-refractivity contribution in [1.82, 2.24) is 0 Å². The summed E-state index contributed by atoms with van der Waals surface area (Å²) in [5.74, 6) is 0. The molecule has 0 radical (unpaired) electrons. The van der Waals surface area contributed by atoms with Crippen molar-refractivity contribution in [3.8, 4) is 0 Å². The molecule has 0 aromatic heterocycles. The first-order chi connectivity index (χ1) is 4.38. The Balaban J connectivity index is 1.92. The number of epoxide rings is 1. The lowest BCUT2D eigenvalue weighted by atomic mass is 10.2. The van der Waals surface area contributed by atoms with Gasteiger partial charge in [0.15, 0.2) is 6.29 Å². The molecule has 1 aliphatic rings. The maximum Gasteiger partial charge on any atom is 0.184 e. The van der Waals surface area contributed by atoms with Gasteiger partial charge in [-0.25, -0.2) is 0 Å². The normalized spacial score (nSPS) is 32.7. The zero-order valence-corrected chi connectivity index (χ0v) is 6.09. The lowest BCUT2D eigenvalue weighted by Crippen LogP contribution is -1.94.